The highest BCUT2D eigenvalue weighted by Crippen LogP contribution is 2.34. The van der Waals surface area contributed by atoms with E-state index in [2.05, 4.69) is 26.6 Å². The van der Waals surface area contributed by atoms with E-state index in [1.807, 2.05) is 0 Å². The molecule has 0 spiro atoms. The van der Waals surface area contributed by atoms with Crippen molar-refractivity contribution in [3.05, 3.63) is 26.7 Å². The second kappa shape index (κ2) is 7.90. The molecule has 1 fully saturated rings. The Morgan fingerprint density at radius 3 is 2.55 bits per heavy atom. The van der Waals surface area contributed by atoms with Crippen LogP contribution in [0.1, 0.15) is 12.8 Å². The van der Waals surface area contributed by atoms with Crippen molar-refractivity contribution in [1.82, 2.24) is 5.32 Å². The smallest absolute Gasteiger partial charge is 0.234 e. The molecule has 1 heterocycles. The van der Waals surface area contributed by atoms with Gasteiger partial charge in [-0.2, -0.15) is 0 Å². The monoisotopic (exact) mass is 396 g/mol. The van der Waals surface area contributed by atoms with E-state index in [4.69, 9.17) is 23.2 Å². The number of hydrogen-bond donors (Lipinski definition) is 2. The lowest BCUT2D eigenvalue weighted by molar-refractivity contribution is -0.113. The summed E-state index contributed by atoms with van der Waals surface area (Å²) in [4.78, 5) is 12.0. The molecular formula is C13H15BrCl2N2OS. The summed E-state index contributed by atoms with van der Waals surface area (Å²) in [7, 11) is 0. The predicted octanol–water partition coefficient (Wildman–Crippen LogP) is 4.18. The van der Waals surface area contributed by atoms with Gasteiger partial charge in [-0.1, -0.05) is 39.1 Å². The van der Waals surface area contributed by atoms with Crippen molar-refractivity contribution in [1.29, 1.82) is 0 Å². The maximum atomic E-state index is 12.0. The fraction of sp³-hybridized carbons (Fsp3) is 0.462. The van der Waals surface area contributed by atoms with E-state index in [0.717, 1.165) is 30.4 Å². The molecule has 0 atom stereocenters. The van der Waals surface area contributed by atoms with Gasteiger partial charge in [-0.05, 0) is 38.1 Å². The number of thioether (sulfide) groups is 1. The van der Waals surface area contributed by atoms with Crippen LogP contribution in [0.2, 0.25) is 10.0 Å². The van der Waals surface area contributed by atoms with E-state index in [1.54, 1.807) is 23.9 Å². The predicted molar refractivity (Wildman–Crippen MR) is 91.1 cm³/mol. The number of halogens is 3. The van der Waals surface area contributed by atoms with Gasteiger partial charge in [0.25, 0.3) is 0 Å². The largest absolute Gasteiger partial charge is 0.323 e. The van der Waals surface area contributed by atoms with Crippen LogP contribution in [-0.4, -0.2) is 30.0 Å². The summed E-state index contributed by atoms with van der Waals surface area (Å²) in [6.45, 7) is 2.06. The average Bonchev–Trinajstić information content (AvgIpc) is 2.42. The zero-order valence-electron chi connectivity index (χ0n) is 10.7. The van der Waals surface area contributed by atoms with Gasteiger partial charge in [0.05, 0.1) is 21.5 Å². The highest BCUT2D eigenvalue weighted by Gasteiger charge is 2.16. The van der Waals surface area contributed by atoms with E-state index < -0.39 is 0 Å². The van der Waals surface area contributed by atoms with Crippen LogP contribution >= 0.6 is 50.9 Å². The van der Waals surface area contributed by atoms with Crippen molar-refractivity contribution in [2.75, 3.05) is 24.2 Å². The summed E-state index contributed by atoms with van der Waals surface area (Å²) in [5.41, 5.74) is 0.479. The summed E-state index contributed by atoms with van der Waals surface area (Å²) in [6.07, 6.45) is 2.22. The molecule has 1 aliphatic heterocycles. The first-order valence-corrected chi connectivity index (χ1v) is 8.92. The fourth-order valence-corrected chi connectivity index (χ4v) is 4.32. The minimum absolute atomic E-state index is 0.0698. The van der Waals surface area contributed by atoms with Crippen molar-refractivity contribution in [2.24, 2.45) is 0 Å². The number of rotatable bonds is 4. The van der Waals surface area contributed by atoms with Gasteiger partial charge in [0.2, 0.25) is 5.91 Å². The summed E-state index contributed by atoms with van der Waals surface area (Å²) in [6, 6.07) is 3.42. The minimum Gasteiger partial charge on any atom is -0.323 e. The molecule has 1 aromatic carbocycles. The Morgan fingerprint density at radius 2 is 1.95 bits per heavy atom. The van der Waals surface area contributed by atoms with E-state index in [9.17, 15) is 4.79 Å². The molecule has 0 saturated carbocycles. The molecule has 1 aliphatic rings. The molecule has 0 bridgehead atoms. The van der Waals surface area contributed by atoms with Crippen LogP contribution in [0.15, 0.2) is 16.6 Å². The van der Waals surface area contributed by atoms with Crippen LogP contribution in [0, 0.1) is 0 Å². The second-order valence-electron chi connectivity index (χ2n) is 4.55. The molecule has 0 radical (unpaired) electrons. The zero-order valence-corrected chi connectivity index (χ0v) is 14.6. The van der Waals surface area contributed by atoms with Gasteiger partial charge < -0.3 is 10.6 Å². The van der Waals surface area contributed by atoms with Gasteiger partial charge in [-0.3, -0.25) is 4.79 Å². The van der Waals surface area contributed by atoms with Crippen LogP contribution in [-0.2, 0) is 4.79 Å². The van der Waals surface area contributed by atoms with Gasteiger partial charge in [0.1, 0.15) is 0 Å². The maximum Gasteiger partial charge on any atom is 0.234 e. The quantitative estimate of drug-likeness (QED) is 0.800. The molecule has 2 N–H and O–H groups in total. The van der Waals surface area contributed by atoms with Crippen molar-refractivity contribution in [3.63, 3.8) is 0 Å². The summed E-state index contributed by atoms with van der Waals surface area (Å²) in [5, 5.41) is 7.52. The number of hydrogen-bond acceptors (Lipinski definition) is 3. The summed E-state index contributed by atoms with van der Waals surface area (Å²) in [5.74, 6) is 0.354. The average molecular weight is 398 g/mol. The third kappa shape index (κ3) is 4.81. The Balaban J connectivity index is 1.88. The van der Waals surface area contributed by atoms with Gasteiger partial charge in [0, 0.05) is 9.72 Å². The Kier molecular flexibility index (Phi) is 6.49. The lowest BCUT2D eigenvalue weighted by Crippen LogP contribution is -2.30. The first-order chi connectivity index (χ1) is 9.56. The molecule has 0 unspecified atom stereocenters. The third-order valence-electron chi connectivity index (χ3n) is 3.01. The molecule has 1 saturated heterocycles. The molecule has 1 aromatic rings. The number of carbonyl (C=O) groups is 1. The lowest BCUT2D eigenvalue weighted by Gasteiger charge is -2.21. The number of carbonyl (C=O) groups excluding carboxylic acids is 1. The van der Waals surface area contributed by atoms with Gasteiger partial charge in [-0.25, -0.2) is 0 Å². The van der Waals surface area contributed by atoms with E-state index in [-0.39, 0.29) is 5.91 Å². The Labute approximate surface area is 141 Å². The summed E-state index contributed by atoms with van der Waals surface area (Å²) >= 11 is 17.2. The highest BCUT2D eigenvalue weighted by atomic mass is 79.9. The minimum atomic E-state index is -0.0698. The van der Waals surface area contributed by atoms with Gasteiger partial charge >= 0.3 is 0 Å². The standard InChI is InChI=1S/C13H15BrCl2N2OS/c14-8-5-10(15)13(11(16)6-8)18-12(19)7-20-9-1-3-17-4-2-9/h5-6,9,17H,1-4,7H2,(H,18,19). The van der Waals surface area contributed by atoms with Crippen molar-refractivity contribution >= 4 is 62.5 Å². The first kappa shape index (κ1) is 16.4. The van der Waals surface area contributed by atoms with E-state index in [1.165, 1.54) is 0 Å². The second-order valence-corrected chi connectivity index (χ2v) is 7.57. The van der Waals surface area contributed by atoms with Crippen molar-refractivity contribution in [3.8, 4) is 0 Å². The molecule has 0 aliphatic carbocycles. The Hall–Kier alpha value is 0.0600. The summed E-state index contributed by atoms with van der Waals surface area (Å²) < 4.78 is 0.787. The molecule has 1 amide bonds. The normalized spacial score (nSPS) is 16.1. The SMILES string of the molecule is O=C(CSC1CCNCC1)Nc1c(Cl)cc(Br)cc1Cl. The topological polar surface area (TPSA) is 41.1 Å². The molecular weight excluding hydrogens is 383 g/mol. The lowest BCUT2D eigenvalue weighted by atomic mass is 10.2. The van der Waals surface area contributed by atoms with E-state index in [0.29, 0.717) is 26.7 Å². The van der Waals surface area contributed by atoms with Crippen LogP contribution < -0.4 is 10.6 Å². The first-order valence-electron chi connectivity index (χ1n) is 6.33. The van der Waals surface area contributed by atoms with Crippen LogP contribution in [0.3, 0.4) is 0 Å². The number of nitrogens with one attached hydrogen (secondary N) is 2. The Bertz CT molecular complexity index is 472. The molecule has 0 aromatic heterocycles. The maximum absolute atomic E-state index is 12.0. The number of piperidine rings is 1. The number of anilines is 1. The molecule has 7 heteroatoms. The highest BCUT2D eigenvalue weighted by molar-refractivity contribution is 9.10. The van der Waals surface area contributed by atoms with Crippen molar-refractivity contribution in [2.45, 2.75) is 18.1 Å². The zero-order chi connectivity index (χ0) is 14.5. The fourth-order valence-electron chi connectivity index (χ4n) is 1.99. The van der Waals surface area contributed by atoms with Crippen LogP contribution in [0.5, 0.6) is 0 Å². The number of amides is 1. The van der Waals surface area contributed by atoms with E-state index >= 15 is 0 Å². The van der Waals surface area contributed by atoms with Gasteiger partial charge in [-0.15, -0.1) is 11.8 Å². The van der Waals surface area contributed by atoms with Crippen LogP contribution in [0.25, 0.3) is 0 Å². The number of benzene rings is 1. The molecule has 3 nitrogen and oxygen atoms in total. The third-order valence-corrected chi connectivity index (χ3v) is 5.43. The van der Waals surface area contributed by atoms with Gasteiger partial charge in [0.15, 0.2) is 0 Å². The molecule has 110 valence electrons. The molecule has 20 heavy (non-hydrogen) atoms. The molecule has 2 rings (SSSR count). The Morgan fingerprint density at radius 1 is 1.35 bits per heavy atom. The van der Waals surface area contributed by atoms with Crippen LogP contribution in [0.4, 0.5) is 5.69 Å². The van der Waals surface area contributed by atoms with Crippen molar-refractivity contribution < 1.29 is 4.79 Å².